The molecule has 29 heavy (non-hydrogen) atoms. The van der Waals surface area contributed by atoms with Gasteiger partial charge >= 0.3 is 5.97 Å². The van der Waals surface area contributed by atoms with E-state index in [0.29, 0.717) is 10.9 Å². The number of halogens is 1. The van der Waals surface area contributed by atoms with Crippen molar-refractivity contribution in [1.29, 1.82) is 0 Å². The molecule has 0 amide bonds. The van der Waals surface area contributed by atoms with Crippen LogP contribution in [0, 0.1) is 5.82 Å². The van der Waals surface area contributed by atoms with Crippen molar-refractivity contribution in [1.82, 2.24) is 4.57 Å². The van der Waals surface area contributed by atoms with Crippen LogP contribution in [-0.4, -0.2) is 44.3 Å². The molecule has 1 aromatic heterocycles. The van der Waals surface area contributed by atoms with Crippen molar-refractivity contribution in [2.45, 2.75) is 13.0 Å². The van der Waals surface area contributed by atoms with Crippen LogP contribution in [-0.2, 0) is 14.8 Å². The van der Waals surface area contributed by atoms with Crippen LogP contribution in [0.15, 0.2) is 54.7 Å². The summed E-state index contributed by atoms with van der Waals surface area (Å²) in [6.45, 7) is 1.43. The molecule has 3 rings (SSSR count). The number of ether oxygens (including phenoxy) is 1. The molecular weight excluding hydrogens is 399 g/mol. The first kappa shape index (κ1) is 20.5. The smallest absolute Gasteiger partial charge is 0.340 e. The molecule has 152 valence electrons. The van der Waals surface area contributed by atoms with Crippen molar-refractivity contribution in [3.8, 4) is 0 Å². The molecule has 0 saturated heterocycles. The second-order valence-electron chi connectivity index (χ2n) is 6.47. The number of sulfonamides is 1. The fourth-order valence-corrected chi connectivity index (χ4v) is 4.40. The summed E-state index contributed by atoms with van der Waals surface area (Å²) in [5.74, 6) is -1.72. The number of aromatic nitrogens is 1. The number of nitrogens with zero attached hydrogens (tertiary/aromatic N) is 2. The summed E-state index contributed by atoms with van der Waals surface area (Å²) in [7, 11) is -2.63. The SMILES string of the molecule is COC(=O)c1cn(C(=O)[C@@H](C)N(c2ccc(F)cc2)S(C)(=O)=O)c2ccccc12. The van der Waals surface area contributed by atoms with Gasteiger partial charge in [-0.3, -0.25) is 13.7 Å². The lowest BCUT2D eigenvalue weighted by atomic mass is 10.2. The summed E-state index contributed by atoms with van der Waals surface area (Å²) in [6.07, 6.45) is 2.30. The van der Waals surface area contributed by atoms with Gasteiger partial charge in [-0.25, -0.2) is 17.6 Å². The summed E-state index contributed by atoms with van der Waals surface area (Å²) in [5, 5.41) is 0.507. The highest BCUT2D eigenvalue weighted by atomic mass is 32.2. The zero-order valence-corrected chi connectivity index (χ0v) is 16.8. The van der Waals surface area contributed by atoms with Gasteiger partial charge in [0.2, 0.25) is 10.0 Å². The van der Waals surface area contributed by atoms with Crippen molar-refractivity contribution < 1.29 is 27.1 Å². The van der Waals surface area contributed by atoms with Gasteiger partial charge in [0.1, 0.15) is 11.9 Å². The molecule has 0 aliphatic rings. The van der Waals surface area contributed by atoms with Crippen molar-refractivity contribution in [3.05, 3.63) is 66.1 Å². The average Bonchev–Trinajstić information content (AvgIpc) is 3.07. The molecule has 1 atom stereocenters. The molecule has 9 heteroatoms. The number of hydrogen-bond acceptors (Lipinski definition) is 5. The highest BCUT2D eigenvalue weighted by Gasteiger charge is 2.31. The number of benzene rings is 2. The minimum Gasteiger partial charge on any atom is -0.465 e. The summed E-state index contributed by atoms with van der Waals surface area (Å²) < 4.78 is 45.0. The lowest BCUT2D eigenvalue weighted by Gasteiger charge is -2.28. The van der Waals surface area contributed by atoms with Gasteiger partial charge in [-0.15, -0.1) is 0 Å². The minimum absolute atomic E-state index is 0.152. The topological polar surface area (TPSA) is 85.7 Å². The number of para-hydroxylation sites is 1. The Hall–Kier alpha value is -3.20. The number of methoxy groups -OCH3 is 1. The fraction of sp³-hybridized carbons (Fsp3) is 0.200. The molecule has 0 aliphatic carbocycles. The number of anilines is 1. The van der Waals surface area contributed by atoms with Crippen molar-refractivity contribution in [3.63, 3.8) is 0 Å². The van der Waals surface area contributed by atoms with Crippen molar-refractivity contribution in [2.75, 3.05) is 17.7 Å². The first-order chi connectivity index (χ1) is 13.6. The normalized spacial score (nSPS) is 12.6. The molecule has 1 heterocycles. The Morgan fingerprint density at radius 3 is 2.31 bits per heavy atom. The fourth-order valence-electron chi connectivity index (χ4n) is 3.23. The van der Waals surface area contributed by atoms with E-state index in [4.69, 9.17) is 4.74 Å². The number of rotatable bonds is 5. The van der Waals surface area contributed by atoms with E-state index in [2.05, 4.69) is 0 Å². The van der Waals surface area contributed by atoms with Crippen molar-refractivity contribution in [2.24, 2.45) is 0 Å². The Bertz CT molecular complexity index is 1190. The van der Waals surface area contributed by atoms with Crippen LogP contribution in [0.2, 0.25) is 0 Å². The third-order valence-electron chi connectivity index (χ3n) is 4.50. The predicted molar refractivity (Wildman–Crippen MR) is 107 cm³/mol. The van der Waals surface area contributed by atoms with E-state index < -0.39 is 33.8 Å². The summed E-state index contributed by atoms with van der Waals surface area (Å²) in [6, 6.07) is 10.4. The van der Waals surface area contributed by atoms with E-state index in [1.165, 1.54) is 36.9 Å². The van der Waals surface area contributed by atoms with Crippen LogP contribution in [0.4, 0.5) is 10.1 Å². The van der Waals surface area contributed by atoms with Gasteiger partial charge < -0.3 is 4.74 Å². The van der Waals surface area contributed by atoms with E-state index in [-0.39, 0.29) is 11.3 Å². The van der Waals surface area contributed by atoms with Gasteiger partial charge in [-0.05, 0) is 37.3 Å². The lowest BCUT2D eigenvalue weighted by molar-refractivity contribution is 0.0603. The van der Waals surface area contributed by atoms with Gasteiger partial charge in [0.15, 0.2) is 0 Å². The monoisotopic (exact) mass is 418 g/mol. The Kier molecular flexibility index (Phi) is 5.43. The van der Waals surface area contributed by atoms with E-state index in [9.17, 15) is 22.4 Å². The molecular formula is C20H19FN2O5S. The zero-order chi connectivity index (χ0) is 21.3. The van der Waals surface area contributed by atoms with Crippen LogP contribution in [0.1, 0.15) is 22.1 Å². The zero-order valence-electron chi connectivity index (χ0n) is 16.0. The molecule has 0 radical (unpaired) electrons. The minimum atomic E-state index is -3.87. The number of carbonyl (C=O) groups is 2. The van der Waals surface area contributed by atoms with Crippen LogP contribution in [0.25, 0.3) is 10.9 Å². The molecule has 0 N–H and O–H groups in total. The molecule has 0 spiro atoms. The third kappa shape index (κ3) is 3.86. The van der Waals surface area contributed by atoms with Crippen LogP contribution in [0.3, 0.4) is 0 Å². The predicted octanol–water partition coefficient (Wildman–Crippen LogP) is 3.06. The van der Waals surface area contributed by atoms with E-state index in [1.54, 1.807) is 24.3 Å². The maximum Gasteiger partial charge on any atom is 0.340 e. The Morgan fingerprint density at radius 1 is 1.10 bits per heavy atom. The lowest BCUT2D eigenvalue weighted by Crippen LogP contribution is -2.44. The van der Waals surface area contributed by atoms with E-state index >= 15 is 0 Å². The Labute approximate surface area is 167 Å². The number of carbonyl (C=O) groups excluding carboxylic acids is 2. The molecule has 0 fully saturated rings. The number of esters is 1. The van der Waals surface area contributed by atoms with Gasteiger partial charge in [-0.1, -0.05) is 18.2 Å². The molecule has 3 aromatic rings. The average molecular weight is 418 g/mol. The van der Waals surface area contributed by atoms with E-state index in [1.807, 2.05) is 0 Å². The molecule has 0 saturated carbocycles. The second-order valence-corrected chi connectivity index (χ2v) is 8.33. The molecule has 0 bridgehead atoms. The largest absolute Gasteiger partial charge is 0.465 e. The Balaban J connectivity index is 2.11. The maximum atomic E-state index is 13.3. The van der Waals surface area contributed by atoms with Gasteiger partial charge in [0.25, 0.3) is 5.91 Å². The number of fused-ring (bicyclic) bond motifs is 1. The standard InChI is InChI=1S/C20H19FN2O5S/c1-13(23(29(3,26)27)15-10-8-14(21)9-11-15)19(24)22-12-17(20(25)28-2)16-6-4-5-7-18(16)22/h4-13H,1-3H3/t13-/m1/s1. The molecule has 2 aromatic carbocycles. The highest BCUT2D eigenvalue weighted by Crippen LogP contribution is 2.26. The summed E-state index contributed by atoms with van der Waals surface area (Å²) in [5.41, 5.74) is 0.785. The molecule has 7 nitrogen and oxygen atoms in total. The van der Waals surface area contributed by atoms with Gasteiger partial charge in [-0.2, -0.15) is 0 Å². The number of hydrogen-bond donors (Lipinski definition) is 0. The van der Waals surface area contributed by atoms with Crippen LogP contribution < -0.4 is 4.31 Å². The van der Waals surface area contributed by atoms with Crippen LogP contribution >= 0.6 is 0 Å². The molecule has 0 aliphatic heterocycles. The highest BCUT2D eigenvalue weighted by molar-refractivity contribution is 7.92. The van der Waals surface area contributed by atoms with Gasteiger partial charge in [0, 0.05) is 11.6 Å². The quantitative estimate of drug-likeness (QED) is 0.595. The van der Waals surface area contributed by atoms with Gasteiger partial charge in [0.05, 0.1) is 30.1 Å². The van der Waals surface area contributed by atoms with Crippen molar-refractivity contribution >= 4 is 38.5 Å². The first-order valence-electron chi connectivity index (χ1n) is 8.62. The summed E-state index contributed by atoms with van der Waals surface area (Å²) >= 11 is 0. The first-order valence-corrected chi connectivity index (χ1v) is 10.5. The third-order valence-corrected chi connectivity index (χ3v) is 5.74. The summed E-state index contributed by atoms with van der Waals surface area (Å²) in [4.78, 5) is 25.3. The maximum absolute atomic E-state index is 13.3. The Morgan fingerprint density at radius 2 is 1.72 bits per heavy atom. The van der Waals surface area contributed by atoms with Crippen LogP contribution in [0.5, 0.6) is 0 Å². The second kappa shape index (κ2) is 7.67. The van der Waals surface area contributed by atoms with E-state index in [0.717, 1.165) is 22.7 Å². The molecule has 0 unspecified atom stereocenters.